The Bertz CT molecular complexity index is 309. The molecule has 0 radical (unpaired) electrons. The fraction of sp³-hybridized carbons (Fsp3) is 0.900. The van der Waals surface area contributed by atoms with Crippen LogP contribution < -0.4 is 0 Å². The molecule has 1 unspecified atom stereocenters. The number of halogens is 3. The van der Waals surface area contributed by atoms with Gasteiger partial charge in [0.2, 0.25) is 0 Å². The van der Waals surface area contributed by atoms with Crippen LogP contribution in [0.4, 0.5) is 13.2 Å². The van der Waals surface area contributed by atoms with E-state index in [0.29, 0.717) is 12.8 Å². The molecule has 0 aromatic rings. The monoisotopic (exact) mass is 238 g/mol. The molecule has 0 bridgehead atoms. The van der Waals surface area contributed by atoms with Gasteiger partial charge in [-0.3, -0.25) is 0 Å². The molecule has 2 fully saturated rings. The third-order valence-electron chi connectivity index (χ3n) is 3.59. The van der Waals surface area contributed by atoms with Gasteiger partial charge in [0.25, 0.3) is 0 Å². The highest BCUT2D eigenvalue weighted by Crippen LogP contribution is 2.61. The van der Waals surface area contributed by atoms with Gasteiger partial charge >= 0.3 is 12.1 Å². The van der Waals surface area contributed by atoms with E-state index in [1.165, 1.54) is 0 Å². The van der Waals surface area contributed by atoms with Gasteiger partial charge in [-0.05, 0) is 37.5 Å². The number of carbonyl (C=O) groups is 1. The summed E-state index contributed by atoms with van der Waals surface area (Å²) in [6, 6.07) is 0. The second-order valence-electron chi connectivity index (χ2n) is 4.91. The van der Waals surface area contributed by atoms with Crippen LogP contribution in [0.2, 0.25) is 0 Å². The summed E-state index contributed by atoms with van der Waals surface area (Å²) in [6.45, 7) is -0.531. The molecular weight excluding hydrogens is 225 g/mol. The van der Waals surface area contributed by atoms with Crippen molar-refractivity contribution in [2.75, 3.05) is 6.61 Å². The summed E-state index contributed by atoms with van der Waals surface area (Å²) in [5.74, 6) is -2.20. The first-order chi connectivity index (χ1) is 7.31. The summed E-state index contributed by atoms with van der Waals surface area (Å²) in [4.78, 5) is 10.8. The van der Waals surface area contributed by atoms with Crippen molar-refractivity contribution in [1.82, 2.24) is 0 Å². The van der Waals surface area contributed by atoms with Gasteiger partial charge in [-0.2, -0.15) is 13.2 Å². The minimum atomic E-state index is -4.98. The first-order valence-corrected chi connectivity index (χ1v) is 5.22. The Hall–Kier alpha value is -0.780. The van der Waals surface area contributed by atoms with Crippen LogP contribution in [0.25, 0.3) is 0 Å². The van der Waals surface area contributed by atoms with Crippen LogP contribution in [0.3, 0.4) is 0 Å². The summed E-state index contributed by atoms with van der Waals surface area (Å²) in [5.41, 5.74) is -1.27. The number of rotatable bonds is 2. The lowest BCUT2D eigenvalue weighted by molar-refractivity contribution is -0.217. The molecule has 2 saturated carbocycles. The predicted octanol–water partition coefficient (Wildman–Crippen LogP) is 1.79. The van der Waals surface area contributed by atoms with Crippen LogP contribution in [-0.4, -0.2) is 29.5 Å². The van der Waals surface area contributed by atoms with Gasteiger partial charge in [-0.25, -0.2) is 4.79 Å². The lowest BCUT2D eigenvalue weighted by Crippen LogP contribution is -2.41. The number of alkyl halides is 3. The van der Waals surface area contributed by atoms with Gasteiger partial charge in [0.15, 0.2) is 0 Å². The van der Waals surface area contributed by atoms with Crippen LogP contribution >= 0.6 is 0 Å². The van der Waals surface area contributed by atoms with Crippen molar-refractivity contribution in [3.8, 4) is 0 Å². The van der Waals surface area contributed by atoms with Crippen molar-refractivity contribution in [1.29, 1.82) is 0 Å². The maximum absolute atomic E-state index is 12.1. The highest BCUT2D eigenvalue weighted by Gasteiger charge is 2.58. The van der Waals surface area contributed by atoms with Crippen molar-refractivity contribution in [2.24, 2.45) is 5.41 Å². The van der Waals surface area contributed by atoms with Crippen LogP contribution in [-0.2, 0) is 9.53 Å². The van der Waals surface area contributed by atoms with E-state index in [1.807, 2.05) is 0 Å². The standard InChI is InChI=1S/C10H13F3O3/c11-10(12,13)7(15)16-9(6-14)4-3-8(5-9)1-2-8/h14H,1-6H2. The van der Waals surface area contributed by atoms with E-state index in [-0.39, 0.29) is 5.41 Å². The zero-order chi connectivity index (χ0) is 12.0. The Balaban J connectivity index is 2.03. The summed E-state index contributed by atoms with van der Waals surface area (Å²) >= 11 is 0. The molecule has 3 nitrogen and oxygen atoms in total. The van der Waals surface area contributed by atoms with E-state index < -0.39 is 24.4 Å². The lowest BCUT2D eigenvalue weighted by Gasteiger charge is -2.27. The third kappa shape index (κ3) is 2.03. The van der Waals surface area contributed by atoms with Crippen molar-refractivity contribution >= 4 is 5.97 Å². The number of hydrogen-bond donors (Lipinski definition) is 1. The predicted molar refractivity (Wildman–Crippen MR) is 47.5 cm³/mol. The van der Waals surface area contributed by atoms with Crippen molar-refractivity contribution < 1.29 is 27.8 Å². The van der Waals surface area contributed by atoms with Crippen LogP contribution in [0.15, 0.2) is 0 Å². The molecule has 16 heavy (non-hydrogen) atoms. The Morgan fingerprint density at radius 3 is 2.19 bits per heavy atom. The number of hydrogen-bond acceptors (Lipinski definition) is 3. The first kappa shape index (κ1) is 11.7. The molecule has 0 aliphatic heterocycles. The highest BCUT2D eigenvalue weighted by atomic mass is 19.4. The summed E-state index contributed by atoms with van der Waals surface area (Å²) in [6.07, 6.45) is -1.65. The number of aliphatic hydroxyl groups excluding tert-OH is 1. The zero-order valence-electron chi connectivity index (χ0n) is 8.64. The van der Waals surface area contributed by atoms with E-state index in [2.05, 4.69) is 4.74 Å². The molecule has 2 rings (SSSR count). The average Bonchev–Trinajstić information content (AvgIpc) is 2.82. The summed E-state index contributed by atoms with van der Waals surface area (Å²) in [7, 11) is 0. The Morgan fingerprint density at radius 2 is 1.81 bits per heavy atom. The molecule has 1 N–H and O–H groups in total. The maximum atomic E-state index is 12.1. The molecule has 2 aliphatic rings. The fourth-order valence-corrected chi connectivity index (χ4v) is 2.47. The lowest BCUT2D eigenvalue weighted by atomic mass is 9.99. The first-order valence-electron chi connectivity index (χ1n) is 5.22. The number of aliphatic hydroxyl groups is 1. The molecule has 2 aliphatic carbocycles. The van der Waals surface area contributed by atoms with Crippen LogP contribution in [0, 0.1) is 5.41 Å². The molecule has 1 atom stereocenters. The molecule has 0 aromatic heterocycles. The van der Waals surface area contributed by atoms with Crippen LogP contribution in [0.5, 0.6) is 0 Å². The Kier molecular flexibility index (Phi) is 2.45. The molecule has 92 valence electrons. The molecule has 6 heteroatoms. The Morgan fingerprint density at radius 1 is 1.25 bits per heavy atom. The number of esters is 1. The van der Waals surface area contributed by atoms with Gasteiger partial charge in [0, 0.05) is 0 Å². The van der Waals surface area contributed by atoms with E-state index in [9.17, 15) is 18.0 Å². The van der Waals surface area contributed by atoms with E-state index in [1.54, 1.807) is 0 Å². The molecular formula is C10H13F3O3. The minimum Gasteiger partial charge on any atom is -0.450 e. The smallest absolute Gasteiger partial charge is 0.450 e. The summed E-state index contributed by atoms with van der Waals surface area (Å²) in [5, 5.41) is 9.15. The molecule has 1 spiro atoms. The second kappa shape index (κ2) is 3.35. The molecule has 0 saturated heterocycles. The third-order valence-corrected chi connectivity index (χ3v) is 3.59. The van der Waals surface area contributed by atoms with E-state index >= 15 is 0 Å². The highest BCUT2D eigenvalue weighted by molar-refractivity contribution is 5.76. The Labute approximate surface area is 90.6 Å². The van der Waals surface area contributed by atoms with E-state index in [0.717, 1.165) is 19.3 Å². The van der Waals surface area contributed by atoms with Crippen molar-refractivity contribution in [3.63, 3.8) is 0 Å². The van der Waals surface area contributed by atoms with Crippen LogP contribution in [0.1, 0.15) is 32.1 Å². The van der Waals surface area contributed by atoms with E-state index in [4.69, 9.17) is 5.11 Å². The fourth-order valence-electron chi connectivity index (χ4n) is 2.47. The van der Waals surface area contributed by atoms with Gasteiger partial charge in [-0.15, -0.1) is 0 Å². The average molecular weight is 238 g/mol. The molecule has 0 aromatic carbocycles. The number of carbonyl (C=O) groups excluding carboxylic acids is 1. The SMILES string of the molecule is O=C(OC1(CO)CCC2(CC2)C1)C(F)(F)F. The largest absolute Gasteiger partial charge is 0.490 e. The molecule has 0 heterocycles. The van der Waals surface area contributed by atoms with Gasteiger partial charge in [0.05, 0.1) is 6.61 Å². The van der Waals surface area contributed by atoms with Crippen molar-refractivity contribution in [2.45, 2.75) is 43.9 Å². The second-order valence-corrected chi connectivity index (χ2v) is 4.91. The maximum Gasteiger partial charge on any atom is 0.490 e. The van der Waals surface area contributed by atoms with Gasteiger partial charge in [-0.1, -0.05) is 0 Å². The zero-order valence-corrected chi connectivity index (χ0v) is 8.64. The quantitative estimate of drug-likeness (QED) is 0.746. The molecule has 0 amide bonds. The van der Waals surface area contributed by atoms with Gasteiger partial charge in [0.1, 0.15) is 5.60 Å². The normalized spacial score (nSPS) is 31.8. The topological polar surface area (TPSA) is 46.5 Å². The van der Waals surface area contributed by atoms with Crippen molar-refractivity contribution in [3.05, 3.63) is 0 Å². The van der Waals surface area contributed by atoms with Gasteiger partial charge < -0.3 is 9.84 Å². The number of ether oxygens (including phenoxy) is 1. The minimum absolute atomic E-state index is 0.0363. The summed E-state index contributed by atoms with van der Waals surface area (Å²) < 4.78 is 40.7.